The molecule has 6 heteroatoms. The predicted molar refractivity (Wildman–Crippen MR) is 106 cm³/mol. The molecule has 0 unspecified atom stereocenters. The van der Waals surface area contributed by atoms with E-state index in [2.05, 4.69) is 22.3 Å². The number of hydrogen-bond donors (Lipinski definition) is 1. The maximum absolute atomic E-state index is 12.5. The monoisotopic (exact) mass is 386 g/mol. The molecule has 2 aliphatic rings. The molecule has 2 aliphatic heterocycles. The summed E-state index contributed by atoms with van der Waals surface area (Å²) in [6.45, 7) is 2.59. The molecule has 2 heterocycles. The van der Waals surface area contributed by atoms with E-state index in [4.69, 9.17) is 21.1 Å². The smallest absolute Gasteiger partial charge is 0.238 e. The molecule has 4 rings (SSSR count). The molecule has 1 fully saturated rings. The summed E-state index contributed by atoms with van der Waals surface area (Å²) in [5, 5.41) is 3.46. The minimum Gasteiger partial charge on any atom is -0.490 e. The van der Waals surface area contributed by atoms with Crippen LogP contribution in [-0.2, 0) is 4.79 Å². The van der Waals surface area contributed by atoms with Gasteiger partial charge in [-0.15, -0.1) is 0 Å². The second-order valence-electron chi connectivity index (χ2n) is 6.91. The number of rotatable bonds is 4. The maximum atomic E-state index is 12.5. The summed E-state index contributed by atoms with van der Waals surface area (Å²) in [7, 11) is 0. The molecule has 1 N–H and O–H groups in total. The highest BCUT2D eigenvalue weighted by Crippen LogP contribution is 2.37. The Kier molecular flexibility index (Phi) is 5.50. The van der Waals surface area contributed by atoms with Gasteiger partial charge in [-0.1, -0.05) is 29.8 Å². The summed E-state index contributed by atoms with van der Waals surface area (Å²) >= 11 is 6.14. The first-order chi connectivity index (χ1) is 13.2. The van der Waals surface area contributed by atoms with Crippen molar-refractivity contribution < 1.29 is 14.3 Å². The van der Waals surface area contributed by atoms with Gasteiger partial charge in [-0.3, -0.25) is 9.69 Å². The molecule has 1 atom stereocenters. The lowest BCUT2D eigenvalue weighted by Crippen LogP contribution is -2.33. The number of hydrogen-bond acceptors (Lipinski definition) is 4. The van der Waals surface area contributed by atoms with Gasteiger partial charge in [0.25, 0.3) is 0 Å². The van der Waals surface area contributed by atoms with Crippen LogP contribution in [-0.4, -0.2) is 37.1 Å². The Labute approximate surface area is 164 Å². The SMILES string of the molecule is O=C(CN1CCC[C@H]1c1ccc2c(c1)OCCCO2)Nc1ccccc1Cl. The minimum atomic E-state index is -0.0515. The third-order valence-electron chi connectivity index (χ3n) is 5.01. The van der Waals surface area contributed by atoms with Crippen molar-refractivity contribution in [2.75, 3.05) is 31.6 Å². The van der Waals surface area contributed by atoms with Gasteiger partial charge in [0, 0.05) is 12.5 Å². The van der Waals surface area contributed by atoms with Crippen LogP contribution in [0, 0.1) is 0 Å². The van der Waals surface area contributed by atoms with E-state index >= 15 is 0 Å². The topological polar surface area (TPSA) is 50.8 Å². The molecule has 5 nitrogen and oxygen atoms in total. The first-order valence-corrected chi connectivity index (χ1v) is 9.76. The van der Waals surface area contributed by atoms with Gasteiger partial charge < -0.3 is 14.8 Å². The Hall–Kier alpha value is -2.24. The van der Waals surface area contributed by atoms with Gasteiger partial charge in [0.2, 0.25) is 5.91 Å². The van der Waals surface area contributed by atoms with E-state index in [-0.39, 0.29) is 11.9 Å². The number of anilines is 1. The van der Waals surface area contributed by atoms with E-state index in [1.165, 1.54) is 5.56 Å². The van der Waals surface area contributed by atoms with Crippen molar-refractivity contribution >= 4 is 23.2 Å². The summed E-state index contributed by atoms with van der Waals surface area (Å²) in [4.78, 5) is 14.7. The lowest BCUT2D eigenvalue weighted by atomic mass is 10.0. The zero-order valence-electron chi connectivity index (χ0n) is 15.1. The van der Waals surface area contributed by atoms with E-state index in [0.717, 1.165) is 37.3 Å². The number of para-hydroxylation sites is 1. The van der Waals surface area contributed by atoms with Crippen molar-refractivity contribution in [3.05, 3.63) is 53.1 Å². The van der Waals surface area contributed by atoms with Crippen LogP contribution in [0.5, 0.6) is 11.5 Å². The molecule has 0 saturated carbocycles. The fourth-order valence-corrected chi connectivity index (χ4v) is 3.90. The molecule has 0 spiro atoms. The zero-order chi connectivity index (χ0) is 18.6. The second kappa shape index (κ2) is 8.19. The number of carbonyl (C=O) groups excluding carboxylic acids is 1. The highest BCUT2D eigenvalue weighted by Gasteiger charge is 2.28. The second-order valence-corrected chi connectivity index (χ2v) is 7.32. The lowest BCUT2D eigenvalue weighted by molar-refractivity contribution is -0.117. The van der Waals surface area contributed by atoms with Crippen molar-refractivity contribution in [2.45, 2.75) is 25.3 Å². The van der Waals surface area contributed by atoms with Crippen LogP contribution in [0.15, 0.2) is 42.5 Å². The number of fused-ring (bicyclic) bond motifs is 1. The number of nitrogens with one attached hydrogen (secondary N) is 1. The molecule has 0 bridgehead atoms. The molecule has 0 aromatic heterocycles. The van der Waals surface area contributed by atoms with Gasteiger partial charge in [-0.2, -0.15) is 0 Å². The molecule has 27 heavy (non-hydrogen) atoms. The number of amides is 1. The Bertz CT molecular complexity index is 827. The lowest BCUT2D eigenvalue weighted by Gasteiger charge is -2.25. The van der Waals surface area contributed by atoms with Crippen LogP contribution in [0.2, 0.25) is 5.02 Å². The Morgan fingerprint density at radius 3 is 2.78 bits per heavy atom. The van der Waals surface area contributed by atoms with Crippen LogP contribution >= 0.6 is 11.6 Å². The molecule has 2 aromatic rings. The van der Waals surface area contributed by atoms with Crippen molar-refractivity contribution in [1.29, 1.82) is 0 Å². The number of ether oxygens (including phenoxy) is 2. The predicted octanol–water partition coefficient (Wildman–Crippen LogP) is 4.28. The minimum absolute atomic E-state index is 0.0515. The molecule has 142 valence electrons. The number of nitrogens with zero attached hydrogens (tertiary/aromatic N) is 1. The van der Waals surface area contributed by atoms with Gasteiger partial charge in [0.15, 0.2) is 11.5 Å². The molecule has 0 aliphatic carbocycles. The van der Waals surface area contributed by atoms with Crippen LogP contribution in [0.25, 0.3) is 0 Å². The highest BCUT2D eigenvalue weighted by atomic mass is 35.5. The molecular formula is C21H23ClN2O3. The standard InChI is InChI=1S/C21H23ClN2O3/c22-16-5-1-2-6-17(16)23-21(25)14-24-10-3-7-18(24)15-8-9-19-20(13-15)27-12-4-11-26-19/h1-2,5-6,8-9,13,18H,3-4,7,10-12,14H2,(H,23,25)/t18-/m0/s1. The summed E-state index contributed by atoms with van der Waals surface area (Å²) in [5.41, 5.74) is 1.82. The molecule has 0 radical (unpaired) electrons. The Morgan fingerprint density at radius 2 is 1.93 bits per heavy atom. The normalized spacial score (nSPS) is 19.5. The third kappa shape index (κ3) is 4.20. The molecule has 1 amide bonds. The van der Waals surface area contributed by atoms with Crippen LogP contribution in [0.4, 0.5) is 5.69 Å². The first kappa shape index (κ1) is 18.1. The van der Waals surface area contributed by atoms with Crippen molar-refractivity contribution in [3.8, 4) is 11.5 Å². The van der Waals surface area contributed by atoms with Crippen molar-refractivity contribution in [3.63, 3.8) is 0 Å². The van der Waals surface area contributed by atoms with Gasteiger partial charge in [-0.05, 0) is 49.2 Å². The maximum Gasteiger partial charge on any atom is 0.238 e. The van der Waals surface area contributed by atoms with E-state index in [1.807, 2.05) is 24.3 Å². The Morgan fingerprint density at radius 1 is 1.11 bits per heavy atom. The van der Waals surface area contributed by atoms with E-state index in [0.29, 0.717) is 30.5 Å². The molecule has 1 saturated heterocycles. The summed E-state index contributed by atoms with van der Waals surface area (Å²) < 4.78 is 11.5. The van der Waals surface area contributed by atoms with Crippen LogP contribution in [0.3, 0.4) is 0 Å². The molecular weight excluding hydrogens is 364 g/mol. The number of halogens is 1. The summed E-state index contributed by atoms with van der Waals surface area (Å²) in [6, 6.07) is 13.6. The number of carbonyl (C=O) groups is 1. The third-order valence-corrected chi connectivity index (χ3v) is 5.34. The number of benzene rings is 2. The quantitative estimate of drug-likeness (QED) is 0.852. The van der Waals surface area contributed by atoms with Gasteiger partial charge in [0.1, 0.15) is 0 Å². The summed E-state index contributed by atoms with van der Waals surface area (Å²) in [6.07, 6.45) is 2.99. The molecule has 2 aromatic carbocycles. The highest BCUT2D eigenvalue weighted by molar-refractivity contribution is 6.33. The summed E-state index contributed by atoms with van der Waals surface area (Å²) in [5.74, 6) is 1.55. The fourth-order valence-electron chi connectivity index (χ4n) is 3.72. The van der Waals surface area contributed by atoms with Gasteiger partial charge in [-0.25, -0.2) is 0 Å². The first-order valence-electron chi connectivity index (χ1n) is 9.39. The van der Waals surface area contributed by atoms with Crippen LogP contribution in [0.1, 0.15) is 30.9 Å². The van der Waals surface area contributed by atoms with E-state index in [9.17, 15) is 4.79 Å². The van der Waals surface area contributed by atoms with E-state index in [1.54, 1.807) is 6.07 Å². The zero-order valence-corrected chi connectivity index (χ0v) is 15.9. The Balaban J connectivity index is 1.45. The average Bonchev–Trinajstić information content (AvgIpc) is 2.99. The van der Waals surface area contributed by atoms with Crippen LogP contribution < -0.4 is 14.8 Å². The number of likely N-dealkylation sites (tertiary alicyclic amines) is 1. The van der Waals surface area contributed by atoms with Crippen molar-refractivity contribution in [2.24, 2.45) is 0 Å². The van der Waals surface area contributed by atoms with Crippen molar-refractivity contribution in [1.82, 2.24) is 4.90 Å². The fraction of sp³-hybridized carbons (Fsp3) is 0.381. The van der Waals surface area contributed by atoms with Gasteiger partial charge >= 0.3 is 0 Å². The van der Waals surface area contributed by atoms with Gasteiger partial charge in [0.05, 0.1) is 30.5 Å². The largest absolute Gasteiger partial charge is 0.490 e. The average molecular weight is 387 g/mol. The van der Waals surface area contributed by atoms with E-state index < -0.39 is 0 Å².